The van der Waals surface area contributed by atoms with Crippen molar-refractivity contribution < 1.29 is 13.3 Å². The smallest absolute Gasteiger partial charge is 0.292 e. The summed E-state index contributed by atoms with van der Waals surface area (Å²) in [5, 5.41) is 10.6. The Bertz CT molecular complexity index is 463. The molecule has 0 unspecified atom stereocenters. The van der Waals surface area contributed by atoms with Crippen LogP contribution < -0.4 is 5.73 Å². The number of anilines is 1. The Morgan fingerprint density at radius 3 is 2.62 bits per heavy atom. The van der Waals surface area contributed by atoms with Crippen molar-refractivity contribution >= 4 is 22.1 Å². The SMILES string of the molecule is Nc1c(CCC[SH](=O)=O)cccc1[N+](=O)[O-]. The van der Waals surface area contributed by atoms with Crippen LogP contribution in [0.2, 0.25) is 0 Å². The number of aryl methyl sites for hydroxylation is 1. The van der Waals surface area contributed by atoms with Crippen molar-refractivity contribution in [2.24, 2.45) is 0 Å². The second kappa shape index (κ2) is 5.45. The molecule has 0 spiro atoms. The lowest BCUT2D eigenvalue weighted by atomic mass is 10.1. The van der Waals surface area contributed by atoms with E-state index in [-0.39, 0.29) is 17.1 Å². The first kappa shape index (κ1) is 12.4. The van der Waals surface area contributed by atoms with Gasteiger partial charge in [-0.3, -0.25) is 10.1 Å². The minimum Gasteiger partial charge on any atom is -0.393 e. The van der Waals surface area contributed by atoms with Crippen LogP contribution in [-0.2, 0) is 17.1 Å². The highest BCUT2D eigenvalue weighted by Crippen LogP contribution is 2.25. The molecule has 0 saturated heterocycles. The maximum Gasteiger partial charge on any atom is 0.292 e. The second-order valence-electron chi connectivity index (χ2n) is 3.27. The Morgan fingerprint density at radius 1 is 1.38 bits per heavy atom. The van der Waals surface area contributed by atoms with Gasteiger partial charge in [-0.15, -0.1) is 0 Å². The Hall–Kier alpha value is -1.63. The fraction of sp³-hybridized carbons (Fsp3) is 0.333. The third kappa shape index (κ3) is 3.20. The van der Waals surface area contributed by atoms with E-state index in [9.17, 15) is 18.5 Å². The quantitative estimate of drug-likeness (QED) is 0.344. The summed E-state index contributed by atoms with van der Waals surface area (Å²) in [6, 6.07) is 4.54. The fourth-order valence-corrected chi connectivity index (χ4v) is 1.79. The van der Waals surface area contributed by atoms with E-state index in [1.807, 2.05) is 0 Å². The van der Waals surface area contributed by atoms with Crippen molar-refractivity contribution in [2.75, 3.05) is 11.5 Å². The molecular weight excluding hydrogens is 232 g/mol. The zero-order chi connectivity index (χ0) is 12.1. The van der Waals surface area contributed by atoms with Gasteiger partial charge in [0, 0.05) is 11.8 Å². The van der Waals surface area contributed by atoms with Crippen LogP contribution in [0, 0.1) is 10.1 Å². The first-order valence-corrected chi connectivity index (χ1v) is 6.02. The lowest BCUT2D eigenvalue weighted by Gasteiger charge is -2.04. The van der Waals surface area contributed by atoms with Gasteiger partial charge in [-0.25, -0.2) is 8.42 Å². The highest BCUT2D eigenvalue weighted by molar-refractivity contribution is 7.72. The van der Waals surface area contributed by atoms with E-state index in [2.05, 4.69) is 0 Å². The second-order valence-corrected chi connectivity index (χ2v) is 4.38. The Morgan fingerprint density at radius 2 is 2.06 bits per heavy atom. The van der Waals surface area contributed by atoms with E-state index in [0.717, 1.165) is 0 Å². The van der Waals surface area contributed by atoms with Crippen LogP contribution >= 0.6 is 0 Å². The molecule has 0 aliphatic heterocycles. The van der Waals surface area contributed by atoms with E-state index < -0.39 is 15.6 Å². The van der Waals surface area contributed by atoms with Gasteiger partial charge in [-0.1, -0.05) is 12.1 Å². The summed E-state index contributed by atoms with van der Waals surface area (Å²) in [5.41, 5.74) is 6.21. The molecule has 0 saturated carbocycles. The highest BCUT2D eigenvalue weighted by Gasteiger charge is 2.13. The Labute approximate surface area is 94.2 Å². The minimum atomic E-state index is -2.40. The molecule has 88 valence electrons. The van der Waals surface area contributed by atoms with Gasteiger partial charge in [0.2, 0.25) is 0 Å². The summed E-state index contributed by atoms with van der Waals surface area (Å²) in [5.74, 6) is 0.0669. The van der Waals surface area contributed by atoms with E-state index in [1.54, 1.807) is 12.1 Å². The van der Waals surface area contributed by atoms with Crippen molar-refractivity contribution in [3.05, 3.63) is 33.9 Å². The molecule has 0 aliphatic carbocycles. The molecule has 6 nitrogen and oxygen atoms in total. The first-order valence-electron chi connectivity index (χ1n) is 4.66. The molecule has 1 rings (SSSR count). The van der Waals surface area contributed by atoms with Crippen molar-refractivity contribution in [2.45, 2.75) is 12.8 Å². The standard InChI is InChI=1S/C9H12N2O4S/c10-9-7(4-2-6-16(14)15)3-1-5-8(9)11(12)13/h1,3,5,16H,2,4,6,10H2. The number of rotatable bonds is 5. The van der Waals surface area contributed by atoms with Crippen LogP contribution in [0.25, 0.3) is 0 Å². The maximum atomic E-state index is 10.6. The van der Waals surface area contributed by atoms with Gasteiger partial charge in [0.05, 0.1) is 4.92 Å². The number of nitrogen functional groups attached to an aromatic ring is 1. The number of benzene rings is 1. The fourth-order valence-electron chi connectivity index (χ4n) is 1.38. The number of thiol groups is 1. The van der Waals surface area contributed by atoms with Crippen LogP contribution in [0.1, 0.15) is 12.0 Å². The summed E-state index contributed by atoms with van der Waals surface area (Å²) >= 11 is 0. The van der Waals surface area contributed by atoms with Gasteiger partial charge < -0.3 is 5.73 Å². The summed E-state index contributed by atoms with van der Waals surface area (Å²) in [6.45, 7) is 0. The lowest BCUT2D eigenvalue weighted by Crippen LogP contribution is -2.01. The molecule has 1 aromatic rings. The van der Waals surface area contributed by atoms with Crippen LogP contribution in [0.5, 0.6) is 0 Å². The largest absolute Gasteiger partial charge is 0.393 e. The average Bonchev–Trinajstić information content (AvgIpc) is 2.19. The lowest BCUT2D eigenvalue weighted by molar-refractivity contribution is -0.383. The molecule has 0 aromatic heterocycles. The van der Waals surface area contributed by atoms with Crippen LogP contribution in [0.15, 0.2) is 18.2 Å². The van der Waals surface area contributed by atoms with Crippen molar-refractivity contribution in [1.29, 1.82) is 0 Å². The predicted molar refractivity (Wildman–Crippen MR) is 61.0 cm³/mol. The number of nitro groups is 1. The number of para-hydroxylation sites is 1. The van der Waals surface area contributed by atoms with E-state index in [0.29, 0.717) is 18.4 Å². The normalized spacial score (nSPS) is 10.6. The third-order valence-electron chi connectivity index (χ3n) is 2.16. The molecule has 0 fully saturated rings. The molecule has 7 heteroatoms. The zero-order valence-corrected chi connectivity index (χ0v) is 9.35. The van der Waals surface area contributed by atoms with Crippen molar-refractivity contribution in [1.82, 2.24) is 0 Å². The first-order chi connectivity index (χ1) is 7.52. The molecular formula is C9H12N2O4S. The van der Waals surface area contributed by atoms with E-state index in [4.69, 9.17) is 5.73 Å². The molecule has 0 bridgehead atoms. The summed E-state index contributed by atoms with van der Waals surface area (Å²) in [6.07, 6.45) is 0.848. The Balaban J connectivity index is 2.81. The van der Waals surface area contributed by atoms with E-state index >= 15 is 0 Å². The molecule has 0 aliphatic rings. The molecule has 1 aromatic carbocycles. The topological polar surface area (TPSA) is 103 Å². The molecule has 0 atom stereocenters. The van der Waals surface area contributed by atoms with Crippen molar-refractivity contribution in [3.8, 4) is 0 Å². The predicted octanol–water partition coefficient (Wildman–Crippen LogP) is 0.721. The molecule has 0 heterocycles. The minimum absolute atomic E-state index is 0.0669. The number of hydrogen-bond acceptors (Lipinski definition) is 5. The molecule has 16 heavy (non-hydrogen) atoms. The van der Waals surface area contributed by atoms with Gasteiger partial charge >= 0.3 is 0 Å². The van der Waals surface area contributed by atoms with Crippen LogP contribution in [0.3, 0.4) is 0 Å². The van der Waals surface area contributed by atoms with Crippen LogP contribution in [0.4, 0.5) is 11.4 Å². The van der Waals surface area contributed by atoms with Gasteiger partial charge in [0.25, 0.3) is 5.69 Å². The maximum absolute atomic E-state index is 10.6. The number of hydrogen-bond donors (Lipinski definition) is 2. The number of nitro benzene ring substituents is 1. The van der Waals surface area contributed by atoms with E-state index in [1.165, 1.54) is 6.07 Å². The number of nitrogens with two attached hydrogens (primary N) is 1. The Kier molecular flexibility index (Phi) is 4.24. The van der Waals surface area contributed by atoms with Gasteiger partial charge in [0.1, 0.15) is 16.4 Å². The molecule has 0 radical (unpaired) electrons. The average molecular weight is 244 g/mol. The van der Waals surface area contributed by atoms with Crippen LogP contribution in [-0.4, -0.2) is 19.1 Å². The zero-order valence-electron chi connectivity index (χ0n) is 8.46. The molecule has 0 amide bonds. The van der Waals surface area contributed by atoms with Gasteiger partial charge in [-0.2, -0.15) is 0 Å². The van der Waals surface area contributed by atoms with Gasteiger partial charge in [0.15, 0.2) is 0 Å². The summed E-state index contributed by atoms with van der Waals surface area (Å²) in [4.78, 5) is 10.0. The number of nitrogens with zero attached hydrogens (tertiary/aromatic N) is 1. The van der Waals surface area contributed by atoms with Gasteiger partial charge in [-0.05, 0) is 18.4 Å². The monoisotopic (exact) mass is 244 g/mol. The van der Waals surface area contributed by atoms with Crippen molar-refractivity contribution in [3.63, 3.8) is 0 Å². The summed E-state index contributed by atoms with van der Waals surface area (Å²) < 4.78 is 20.7. The summed E-state index contributed by atoms with van der Waals surface area (Å²) in [7, 11) is -2.40. The molecule has 2 N–H and O–H groups in total. The highest BCUT2D eigenvalue weighted by atomic mass is 32.2. The third-order valence-corrected chi connectivity index (χ3v) is 2.84.